The number of ether oxygens (including phenoxy) is 1. The number of carbonyl (C=O) groups is 1. The first kappa shape index (κ1) is 20.5. The Morgan fingerprint density at radius 2 is 1.71 bits per heavy atom. The van der Waals surface area contributed by atoms with Crippen LogP contribution < -0.4 is 15.0 Å². The van der Waals surface area contributed by atoms with Gasteiger partial charge in [-0.15, -0.1) is 0 Å². The van der Waals surface area contributed by atoms with Gasteiger partial charge >= 0.3 is 0 Å². The van der Waals surface area contributed by atoms with Crippen molar-refractivity contribution in [1.82, 2.24) is 4.98 Å². The minimum absolute atomic E-state index is 0.251. The summed E-state index contributed by atoms with van der Waals surface area (Å²) in [5.74, 6) is 0.926. The molecule has 0 saturated heterocycles. The van der Waals surface area contributed by atoms with E-state index >= 15 is 0 Å². The van der Waals surface area contributed by atoms with Crippen LogP contribution in [0.4, 0.5) is 11.4 Å². The zero-order valence-corrected chi connectivity index (χ0v) is 18.0. The predicted octanol–water partition coefficient (Wildman–Crippen LogP) is 5.36. The molecule has 0 radical (unpaired) electrons. The van der Waals surface area contributed by atoms with Gasteiger partial charge in [0, 0.05) is 31.0 Å². The highest BCUT2D eigenvalue weighted by atomic mass is 16.5. The third-order valence-corrected chi connectivity index (χ3v) is 4.94. The first-order valence-corrected chi connectivity index (χ1v) is 10.1. The number of para-hydroxylation sites is 1. The molecule has 1 N–H and O–H groups in total. The van der Waals surface area contributed by atoms with Crippen LogP contribution in [0.15, 0.2) is 77.2 Å². The Morgan fingerprint density at radius 3 is 2.39 bits per heavy atom. The summed E-state index contributed by atoms with van der Waals surface area (Å²) in [6.45, 7) is 3.47. The minimum atomic E-state index is -1.04. The molecule has 4 aromatic rings. The first-order valence-electron chi connectivity index (χ1n) is 10.1. The second kappa shape index (κ2) is 8.14. The average molecular weight is 415 g/mol. The quantitative estimate of drug-likeness (QED) is 0.459. The molecule has 0 fully saturated rings. The third-order valence-electron chi connectivity index (χ3n) is 4.94. The maximum Gasteiger partial charge on any atom is 0.267 e. The molecule has 158 valence electrons. The maximum atomic E-state index is 12.8. The van der Waals surface area contributed by atoms with E-state index in [1.165, 1.54) is 0 Å². The van der Waals surface area contributed by atoms with E-state index in [-0.39, 0.29) is 5.91 Å². The Labute approximate surface area is 181 Å². The first-order chi connectivity index (χ1) is 14.8. The van der Waals surface area contributed by atoms with Crippen molar-refractivity contribution in [3.05, 3.63) is 72.8 Å². The number of amides is 1. The zero-order chi connectivity index (χ0) is 22.0. The zero-order valence-electron chi connectivity index (χ0n) is 18.0. The van der Waals surface area contributed by atoms with Gasteiger partial charge in [-0.25, -0.2) is 4.98 Å². The molecule has 1 amide bonds. The number of nitrogens with one attached hydrogen (secondary N) is 1. The molecule has 0 spiro atoms. The highest BCUT2D eigenvalue weighted by Gasteiger charge is 2.30. The number of oxazole rings is 1. The smallest absolute Gasteiger partial charge is 0.267 e. The molecule has 31 heavy (non-hydrogen) atoms. The van der Waals surface area contributed by atoms with Gasteiger partial charge in [-0.2, -0.15) is 0 Å². The van der Waals surface area contributed by atoms with E-state index in [1.54, 1.807) is 32.0 Å². The lowest BCUT2D eigenvalue weighted by Crippen LogP contribution is -2.42. The van der Waals surface area contributed by atoms with Crippen molar-refractivity contribution in [2.45, 2.75) is 19.4 Å². The van der Waals surface area contributed by atoms with Crippen molar-refractivity contribution in [2.24, 2.45) is 0 Å². The van der Waals surface area contributed by atoms with Gasteiger partial charge in [-0.05, 0) is 68.4 Å². The molecule has 1 heterocycles. The molecule has 0 saturated carbocycles. The van der Waals surface area contributed by atoms with Gasteiger partial charge in [0.1, 0.15) is 11.3 Å². The van der Waals surface area contributed by atoms with Crippen LogP contribution in [0.25, 0.3) is 22.6 Å². The third kappa shape index (κ3) is 4.53. The highest BCUT2D eigenvalue weighted by Crippen LogP contribution is 2.28. The second-order valence-corrected chi connectivity index (χ2v) is 8.02. The molecule has 4 rings (SSSR count). The van der Waals surface area contributed by atoms with E-state index in [2.05, 4.69) is 10.3 Å². The lowest BCUT2D eigenvalue weighted by Gasteiger charge is -2.25. The monoisotopic (exact) mass is 415 g/mol. The van der Waals surface area contributed by atoms with Crippen molar-refractivity contribution >= 4 is 28.4 Å². The normalized spacial score (nSPS) is 11.4. The van der Waals surface area contributed by atoms with Gasteiger partial charge in [0.15, 0.2) is 11.2 Å². The topological polar surface area (TPSA) is 67.6 Å². The van der Waals surface area contributed by atoms with Crippen LogP contribution in [0.5, 0.6) is 5.75 Å². The molecule has 6 heteroatoms. The van der Waals surface area contributed by atoms with E-state index in [0.29, 0.717) is 28.4 Å². The largest absolute Gasteiger partial charge is 0.478 e. The van der Waals surface area contributed by atoms with Gasteiger partial charge in [0.2, 0.25) is 5.89 Å². The standard InChI is InChI=1S/C25H25N3O3/c1-25(2,31-20-8-6-5-7-9-20)24(29)26-18-12-15-22-21(16-18)27-23(30-22)17-10-13-19(14-11-17)28(3)4/h5-16H,1-4H3,(H,26,29). The number of hydrogen-bond donors (Lipinski definition) is 1. The van der Waals surface area contributed by atoms with Crippen LogP contribution in [0.2, 0.25) is 0 Å². The minimum Gasteiger partial charge on any atom is -0.478 e. The number of carbonyl (C=O) groups excluding carboxylic acids is 1. The number of hydrogen-bond acceptors (Lipinski definition) is 5. The molecular formula is C25H25N3O3. The Bertz CT molecular complexity index is 1200. The van der Waals surface area contributed by atoms with Gasteiger partial charge in [0.05, 0.1) is 0 Å². The van der Waals surface area contributed by atoms with Crippen LogP contribution in [0, 0.1) is 0 Å². The van der Waals surface area contributed by atoms with Crippen molar-refractivity contribution < 1.29 is 13.9 Å². The summed E-state index contributed by atoms with van der Waals surface area (Å²) in [5, 5.41) is 2.91. The van der Waals surface area contributed by atoms with E-state index in [9.17, 15) is 4.79 Å². The summed E-state index contributed by atoms with van der Waals surface area (Å²) in [6.07, 6.45) is 0. The molecule has 0 bridgehead atoms. The molecule has 6 nitrogen and oxygen atoms in total. The summed E-state index contributed by atoms with van der Waals surface area (Å²) in [6, 6.07) is 22.7. The molecular weight excluding hydrogens is 390 g/mol. The Hall–Kier alpha value is -3.80. The molecule has 0 unspecified atom stereocenters. The predicted molar refractivity (Wildman–Crippen MR) is 124 cm³/mol. The number of benzene rings is 3. The van der Waals surface area contributed by atoms with Crippen LogP contribution in [-0.4, -0.2) is 30.6 Å². The van der Waals surface area contributed by atoms with E-state index in [1.807, 2.05) is 73.6 Å². The average Bonchev–Trinajstić information content (AvgIpc) is 3.17. The molecule has 0 aliphatic rings. The highest BCUT2D eigenvalue weighted by molar-refractivity contribution is 5.98. The molecule has 0 aliphatic heterocycles. The van der Waals surface area contributed by atoms with Gasteiger partial charge in [-0.3, -0.25) is 4.79 Å². The van der Waals surface area contributed by atoms with Crippen molar-refractivity contribution in [3.8, 4) is 17.2 Å². The van der Waals surface area contributed by atoms with Crippen LogP contribution >= 0.6 is 0 Å². The summed E-state index contributed by atoms with van der Waals surface area (Å²) < 4.78 is 11.8. The lowest BCUT2D eigenvalue weighted by atomic mass is 10.1. The van der Waals surface area contributed by atoms with E-state index in [0.717, 1.165) is 11.3 Å². The van der Waals surface area contributed by atoms with Gasteiger partial charge < -0.3 is 19.4 Å². The Balaban J connectivity index is 1.52. The number of fused-ring (bicyclic) bond motifs is 1. The Morgan fingerprint density at radius 1 is 1.00 bits per heavy atom. The molecule has 0 aliphatic carbocycles. The number of rotatable bonds is 6. The second-order valence-electron chi connectivity index (χ2n) is 8.02. The van der Waals surface area contributed by atoms with Crippen LogP contribution in [0.1, 0.15) is 13.8 Å². The van der Waals surface area contributed by atoms with Crippen LogP contribution in [0.3, 0.4) is 0 Å². The molecule has 3 aromatic carbocycles. The van der Waals surface area contributed by atoms with E-state index < -0.39 is 5.60 Å². The van der Waals surface area contributed by atoms with Gasteiger partial charge in [-0.1, -0.05) is 18.2 Å². The van der Waals surface area contributed by atoms with Crippen LogP contribution in [-0.2, 0) is 4.79 Å². The number of nitrogens with zero attached hydrogens (tertiary/aromatic N) is 2. The van der Waals surface area contributed by atoms with E-state index in [4.69, 9.17) is 9.15 Å². The Kier molecular flexibility index (Phi) is 5.38. The fourth-order valence-corrected chi connectivity index (χ4v) is 3.14. The molecule has 0 atom stereocenters. The number of aromatic nitrogens is 1. The lowest BCUT2D eigenvalue weighted by molar-refractivity contribution is -0.128. The van der Waals surface area contributed by atoms with Gasteiger partial charge in [0.25, 0.3) is 5.91 Å². The van der Waals surface area contributed by atoms with Crippen molar-refractivity contribution in [2.75, 3.05) is 24.3 Å². The van der Waals surface area contributed by atoms with Crippen molar-refractivity contribution in [3.63, 3.8) is 0 Å². The summed E-state index contributed by atoms with van der Waals surface area (Å²) in [7, 11) is 3.99. The molecule has 1 aromatic heterocycles. The number of anilines is 2. The summed E-state index contributed by atoms with van der Waals surface area (Å²) >= 11 is 0. The summed E-state index contributed by atoms with van der Waals surface area (Å²) in [5.41, 5.74) is 2.91. The fraction of sp³-hybridized carbons (Fsp3) is 0.200. The summed E-state index contributed by atoms with van der Waals surface area (Å²) in [4.78, 5) is 19.4. The van der Waals surface area contributed by atoms with Crippen molar-refractivity contribution in [1.29, 1.82) is 0 Å². The maximum absolute atomic E-state index is 12.8. The SMILES string of the molecule is CN(C)c1ccc(-c2nc3cc(NC(=O)C(C)(C)Oc4ccccc4)ccc3o2)cc1. The fourth-order valence-electron chi connectivity index (χ4n) is 3.14.